The first-order chi connectivity index (χ1) is 13.9. The molecule has 29 heavy (non-hydrogen) atoms. The lowest BCUT2D eigenvalue weighted by molar-refractivity contribution is 0.102. The number of para-hydroxylation sites is 1. The lowest BCUT2D eigenvalue weighted by atomic mass is 10.1. The van der Waals surface area contributed by atoms with Crippen molar-refractivity contribution in [2.45, 2.75) is 6.92 Å². The molecule has 0 unspecified atom stereocenters. The second-order valence-corrected chi connectivity index (χ2v) is 6.46. The Morgan fingerprint density at radius 2 is 2.00 bits per heavy atom. The highest BCUT2D eigenvalue weighted by molar-refractivity contribution is 6.10. The monoisotopic (exact) mass is 395 g/mol. The number of nitrogens with zero attached hydrogens (tertiary/aromatic N) is 1. The number of benzene rings is 2. The van der Waals surface area contributed by atoms with Crippen molar-refractivity contribution in [3.05, 3.63) is 75.7 Å². The number of aromatic amines is 1. The number of amides is 1. The van der Waals surface area contributed by atoms with Gasteiger partial charge in [-0.2, -0.15) is 0 Å². The van der Waals surface area contributed by atoms with Crippen LogP contribution in [-0.2, 0) is 0 Å². The first-order valence-electron chi connectivity index (χ1n) is 8.65. The standard InChI is InChI=1S/C21H15F2N3O3/c1-10-6-15(12-4-3-5-17(29-2)19(12)25-10)26-21(28)13-9-24-16-8-11(22)7-14(23)18(16)20(13)27/h3-9H,1-2H3,(H,24,27)(H,25,26,28). The maximum absolute atomic E-state index is 14.1. The molecule has 6 nitrogen and oxygen atoms in total. The second-order valence-electron chi connectivity index (χ2n) is 6.46. The fourth-order valence-corrected chi connectivity index (χ4v) is 3.25. The molecule has 146 valence electrons. The topological polar surface area (TPSA) is 84.1 Å². The molecule has 2 N–H and O–H groups in total. The Morgan fingerprint density at radius 1 is 1.21 bits per heavy atom. The molecule has 0 aliphatic heterocycles. The van der Waals surface area contributed by atoms with Crippen LogP contribution >= 0.6 is 0 Å². The zero-order chi connectivity index (χ0) is 20.7. The normalized spacial score (nSPS) is 11.0. The third kappa shape index (κ3) is 3.18. The highest BCUT2D eigenvalue weighted by atomic mass is 19.1. The Morgan fingerprint density at radius 3 is 2.76 bits per heavy atom. The van der Waals surface area contributed by atoms with Crippen LogP contribution in [0.5, 0.6) is 5.75 Å². The number of aromatic nitrogens is 2. The predicted molar refractivity (Wildman–Crippen MR) is 105 cm³/mol. The number of fused-ring (bicyclic) bond motifs is 2. The van der Waals surface area contributed by atoms with E-state index in [2.05, 4.69) is 15.3 Å². The minimum atomic E-state index is -1.04. The smallest absolute Gasteiger partial charge is 0.261 e. The molecular weight excluding hydrogens is 380 g/mol. The van der Waals surface area contributed by atoms with Crippen molar-refractivity contribution in [1.82, 2.24) is 9.97 Å². The number of carbonyl (C=O) groups excluding carboxylic acids is 1. The van der Waals surface area contributed by atoms with Gasteiger partial charge in [-0.1, -0.05) is 12.1 Å². The average Bonchev–Trinajstić information content (AvgIpc) is 2.67. The molecule has 0 aliphatic rings. The summed E-state index contributed by atoms with van der Waals surface area (Å²) >= 11 is 0. The van der Waals surface area contributed by atoms with Crippen molar-refractivity contribution in [1.29, 1.82) is 0 Å². The third-order valence-corrected chi connectivity index (χ3v) is 4.54. The van der Waals surface area contributed by atoms with E-state index in [1.807, 2.05) is 0 Å². The second kappa shape index (κ2) is 6.97. The van der Waals surface area contributed by atoms with E-state index in [4.69, 9.17) is 4.74 Å². The Labute approximate surface area is 163 Å². The Kier molecular flexibility index (Phi) is 4.46. The molecule has 4 aromatic rings. The summed E-state index contributed by atoms with van der Waals surface area (Å²) in [4.78, 5) is 32.5. The maximum atomic E-state index is 14.1. The van der Waals surface area contributed by atoms with Gasteiger partial charge in [-0.05, 0) is 25.1 Å². The van der Waals surface area contributed by atoms with Gasteiger partial charge >= 0.3 is 0 Å². The van der Waals surface area contributed by atoms with Crippen LogP contribution in [0.4, 0.5) is 14.5 Å². The minimum absolute atomic E-state index is 0.0287. The molecule has 2 aromatic heterocycles. The SMILES string of the molecule is COc1cccc2c(NC(=O)c3c[nH]c4cc(F)cc(F)c4c3=O)cc(C)nc12. The van der Waals surface area contributed by atoms with E-state index in [0.717, 1.165) is 12.3 Å². The maximum Gasteiger partial charge on any atom is 0.261 e. The number of hydrogen-bond donors (Lipinski definition) is 2. The number of H-pyrrole nitrogens is 1. The zero-order valence-electron chi connectivity index (χ0n) is 15.5. The van der Waals surface area contributed by atoms with E-state index < -0.39 is 23.0 Å². The van der Waals surface area contributed by atoms with Crippen LogP contribution in [0.2, 0.25) is 0 Å². The number of halogens is 2. The van der Waals surface area contributed by atoms with Gasteiger partial charge < -0.3 is 15.0 Å². The van der Waals surface area contributed by atoms with Crippen molar-refractivity contribution >= 4 is 33.4 Å². The fraction of sp³-hybridized carbons (Fsp3) is 0.0952. The molecular formula is C21H15F2N3O3. The molecule has 0 atom stereocenters. The van der Waals surface area contributed by atoms with E-state index in [9.17, 15) is 18.4 Å². The quantitative estimate of drug-likeness (QED) is 0.551. The molecule has 0 spiro atoms. The molecule has 2 aromatic carbocycles. The summed E-state index contributed by atoms with van der Waals surface area (Å²) in [6.07, 6.45) is 1.13. The number of carbonyl (C=O) groups is 1. The van der Waals surface area contributed by atoms with Gasteiger partial charge in [-0.15, -0.1) is 0 Å². The molecule has 0 aliphatic carbocycles. The molecule has 0 fully saturated rings. The van der Waals surface area contributed by atoms with Gasteiger partial charge in [-0.3, -0.25) is 9.59 Å². The molecule has 1 amide bonds. The summed E-state index contributed by atoms with van der Waals surface area (Å²) in [5.41, 5.74) is 0.454. The van der Waals surface area contributed by atoms with Gasteiger partial charge in [0, 0.05) is 23.3 Å². The molecule has 0 bridgehead atoms. The summed E-state index contributed by atoms with van der Waals surface area (Å²) in [7, 11) is 1.52. The van der Waals surface area contributed by atoms with Gasteiger partial charge in [0.05, 0.1) is 23.7 Å². The lowest BCUT2D eigenvalue weighted by Gasteiger charge is -2.12. The van der Waals surface area contributed by atoms with Crippen LogP contribution in [0.1, 0.15) is 16.1 Å². The van der Waals surface area contributed by atoms with Crippen molar-refractivity contribution < 1.29 is 18.3 Å². The molecule has 4 rings (SSSR count). The van der Waals surface area contributed by atoms with Crippen LogP contribution in [0.15, 0.2) is 47.4 Å². The Bertz CT molecular complexity index is 1350. The number of hydrogen-bond acceptors (Lipinski definition) is 4. The predicted octanol–water partition coefficient (Wildman–Crippen LogP) is 3.92. The molecule has 2 heterocycles. The van der Waals surface area contributed by atoms with Crippen molar-refractivity contribution in [2.75, 3.05) is 12.4 Å². The van der Waals surface area contributed by atoms with Crippen molar-refractivity contribution in [3.63, 3.8) is 0 Å². The van der Waals surface area contributed by atoms with E-state index in [0.29, 0.717) is 34.1 Å². The van der Waals surface area contributed by atoms with E-state index >= 15 is 0 Å². The van der Waals surface area contributed by atoms with Gasteiger partial charge in [0.15, 0.2) is 0 Å². The summed E-state index contributed by atoms with van der Waals surface area (Å²) in [6.45, 7) is 1.76. The molecule has 0 saturated heterocycles. The molecule has 0 radical (unpaired) electrons. The van der Waals surface area contributed by atoms with E-state index in [1.54, 1.807) is 31.2 Å². The minimum Gasteiger partial charge on any atom is -0.494 e. The number of methoxy groups -OCH3 is 1. The summed E-state index contributed by atoms with van der Waals surface area (Å²) < 4.78 is 32.8. The first-order valence-corrected chi connectivity index (χ1v) is 8.65. The van der Waals surface area contributed by atoms with Gasteiger partial charge in [-0.25, -0.2) is 13.8 Å². The van der Waals surface area contributed by atoms with Crippen LogP contribution in [-0.4, -0.2) is 23.0 Å². The zero-order valence-corrected chi connectivity index (χ0v) is 15.5. The highest BCUT2D eigenvalue weighted by Gasteiger charge is 2.18. The number of nitrogens with one attached hydrogen (secondary N) is 2. The number of pyridine rings is 2. The fourth-order valence-electron chi connectivity index (χ4n) is 3.25. The Balaban J connectivity index is 1.82. The largest absolute Gasteiger partial charge is 0.494 e. The van der Waals surface area contributed by atoms with Crippen LogP contribution in [0.3, 0.4) is 0 Å². The van der Waals surface area contributed by atoms with Crippen molar-refractivity contribution in [2.24, 2.45) is 0 Å². The van der Waals surface area contributed by atoms with Crippen molar-refractivity contribution in [3.8, 4) is 5.75 Å². The Hall–Kier alpha value is -3.81. The first kappa shape index (κ1) is 18.5. The highest BCUT2D eigenvalue weighted by Crippen LogP contribution is 2.30. The van der Waals surface area contributed by atoms with Crippen LogP contribution < -0.4 is 15.5 Å². The average molecular weight is 395 g/mol. The van der Waals surface area contributed by atoms with E-state index in [1.165, 1.54) is 7.11 Å². The van der Waals surface area contributed by atoms with Crippen LogP contribution in [0.25, 0.3) is 21.8 Å². The van der Waals surface area contributed by atoms with Crippen LogP contribution in [0, 0.1) is 18.6 Å². The van der Waals surface area contributed by atoms with Gasteiger partial charge in [0.2, 0.25) is 5.43 Å². The number of anilines is 1. The number of rotatable bonds is 3. The third-order valence-electron chi connectivity index (χ3n) is 4.54. The van der Waals surface area contributed by atoms with Gasteiger partial charge in [0.25, 0.3) is 5.91 Å². The lowest BCUT2D eigenvalue weighted by Crippen LogP contribution is -2.22. The van der Waals surface area contributed by atoms with Gasteiger partial charge in [0.1, 0.15) is 28.5 Å². The number of aryl methyl sites for hydroxylation is 1. The molecule has 8 heteroatoms. The summed E-state index contributed by atoms with van der Waals surface area (Å²) in [5, 5.41) is 2.92. The van der Waals surface area contributed by atoms with E-state index in [-0.39, 0.29) is 16.5 Å². The summed E-state index contributed by atoms with van der Waals surface area (Å²) in [5.74, 6) is -2.05. The summed E-state index contributed by atoms with van der Waals surface area (Å²) in [6, 6.07) is 8.51. The number of ether oxygens (including phenoxy) is 1. The molecule has 0 saturated carbocycles.